The topological polar surface area (TPSA) is 30.0 Å². The Bertz CT molecular complexity index is 482. The average molecular weight is 217 g/mol. The van der Waals surface area contributed by atoms with Gasteiger partial charge in [0, 0.05) is 10.9 Å². The van der Waals surface area contributed by atoms with Crippen molar-refractivity contribution in [3.05, 3.63) is 39.7 Å². The quantitative estimate of drug-likeness (QED) is 0.723. The molecule has 0 bridgehead atoms. The van der Waals surface area contributed by atoms with Gasteiger partial charge in [0.05, 0.1) is 5.69 Å². The Morgan fingerprint density at radius 1 is 1.20 bits per heavy atom. The number of rotatable bonds is 2. The second-order valence-electron chi connectivity index (χ2n) is 3.57. The first-order valence-electron chi connectivity index (χ1n) is 4.68. The summed E-state index contributed by atoms with van der Waals surface area (Å²) in [6.45, 7) is 4.12. The van der Waals surface area contributed by atoms with Crippen LogP contribution in [0.4, 0.5) is 0 Å². The highest BCUT2D eigenvalue weighted by molar-refractivity contribution is 7.11. The minimum absolute atomic E-state index is 0.532. The summed E-state index contributed by atoms with van der Waals surface area (Å²) in [5.41, 5.74) is 4.39. The van der Waals surface area contributed by atoms with Crippen molar-refractivity contribution in [3.8, 4) is 11.3 Å². The van der Waals surface area contributed by atoms with E-state index in [9.17, 15) is 4.79 Å². The van der Waals surface area contributed by atoms with Crippen molar-refractivity contribution in [1.82, 2.24) is 4.98 Å². The Morgan fingerprint density at radius 2 is 1.87 bits per heavy atom. The van der Waals surface area contributed by atoms with E-state index in [2.05, 4.69) is 37.0 Å². The van der Waals surface area contributed by atoms with Crippen molar-refractivity contribution in [1.29, 1.82) is 0 Å². The molecule has 1 aromatic heterocycles. The molecule has 0 aliphatic rings. The Hall–Kier alpha value is -1.48. The van der Waals surface area contributed by atoms with Gasteiger partial charge in [-0.15, -0.1) is 11.3 Å². The Labute approximate surface area is 92.6 Å². The molecule has 0 unspecified atom stereocenters. The summed E-state index contributed by atoms with van der Waals surface area (Å²) >= 11 is 1.38. The number of benzene rings is 1. The number of aromatic nitrogens is 1. The molecule has 3 heteroatoms. The number of aryl methyl sites for hydroxylation is 2. The summed E-state index contributed by atoms with van der Waals surface area (Å²) in [4.78, 5) is 14.8. The molecule has 76 valence electrons. The first-order valence-corrected chi connectivity index (χ1v) is 5.56. The van der Waals surface area contributed by atoms with E-state index in [0.29, 0.717) is 5.01 Å². The zero-order valence-electron chi connectivity index (χ0n) is 8.65. The van der Waals surface area contributed by atoms with E-state index in [1.807, 2.05) is 5.38 Å². The van der Waals surface area contributed by atoms with Crippen LogP contribution in [0.25, 0.3) is 11.3 Å². The highest BCUT2D eigenvalue weighted by atomic mass is 32.1. The fraction of sp³-hybridized carbons (Fsp3) is 0.167. The average Bonchev–Trinajstić information content (AvgIpc) is 2.64. The molecule has 1 aromatic carbocycles. The van der Waals surface area contributed by atoms with E-state index in [1.54, 1.807) is 0 Å². The van der Waals surface area contributed by atoms with Crippen LogP contribution in [0.3, 0.4) is 0 Å². The number of thiazole rings is 1. The standard InChI is InChI=1S/C12H11NOS/c1-8-3-9(2)5-10(4-8)11-7-15-12(6-14)13-11/h3-7H,1-2H3. The van der Waals surface area contributed by atoms with Crippen LogP contribution in [0.5, 0.6) is 0 Å². The van der Waals surface area contributed by atoms with Crippen LogP contribution in [-0.2, 0) is 0 Å². The highest BCUT2D eigenvalue weighted by Gasteiger charge is 2.04. The molecule has 0 amide bonds. The van der Waals surface area contributed by atoms with E-state index < -0.39 is 0 Å². The molecule has 0 saturated heterocycles. The number of hydrogen-bond acceptors (Lipinski definition) is 3. The van der Waals surface area contributed by atoms with E-state index in [-0.39, 0.29) is 0 Å². The molecular weight excluding hydrogens is 206 g/mol. The SMILES string of the molecule is Cc1cc(C)cc(-c2csc(C=O)n2)c1. The molecule has 0 aliphatic carbocycles. The molecule has 0 aliphatic heterocycles. The number of nitrogens with zero attached hydrogens (tertiary/aromatic N) is 1. The summed E-state index contributed by atoms with van der Waals surface area (Å²) < 4.78 is 0. The summed E-state index contributed by atoms with van der Waals surface area (Å²) in [5, 5.41) is 2.45. The molecule has 2 nitrogen and oxygen atoms in total. The number of aldehydes is 1. The lowest BCUT2D eigenvalue weighted by molar-refractivity contribution is 0.112. The number of carbonyl (C=O) groups is 1. The smallest absolute Gasteiger partial charge is 0.178 e. The van der Waals surface area contributed by atoms with E-state index >= 15 is 0 Å². The lowest BCUT2D eigenvalue weighted by Crippen LogP contribution is -1.83. The second-order valence-corrected chi connectivity index (χ2v) is 4.45. The van der Waals surface area contributed by atoms with Crippen molar-refractivity contribution in [2.24, 2.45) is 0 Å². The molecule has 0 fully saturated rings. The zero-order valence-corrected chi connectivity index (χ0v) is 9.47. The summed E-state index contributed by atoms with van der Waals surface area (Å²) in [6, 6.07) is 6.28. The van der Waals surface area contributed by atoms with Crippen molar-refractivity contribution in [3.63, 3.8) is 0 Å². The van der Waals surface area contributed by atoms with Gasteiger partial charge in [-0.2, -0.15) is 0 Å². The molecule has 0 atom stereocenters. The van der Waals surface area contributed by atoms with Gasteiger partial charge in [-0.25, -0.2) is 4.98 Å². The normalized spacial score (nSPS) is 10.3. The molecule has 15 heavy (non-hydrogen) atoms. The monoisotopic (exact) mass is 217 g/mol. The molecule has 0 spiro atoms. The highest BCUT2D eigenvalue weighted by Crippen LogP contribution is 2.23. The fourth-order valence-electron chi connectivity index (χ4n) is 1.60. The fourth-order valence-corrected chi connectivity index (χ4v) is 2.22. The van der Waals surface area contributed by atoms with Crippen molar-refractivity contribution in [2.75, 3.05) is 0 Å². The predicted molar refractivity (Wildman–Crippen MR) is 62.4 cm³/mol. The van der Waals surface area contributed by atoms with Gasteiger partial charge in [0.1, 0.15) is 0 Å². The van der Waals surface area contributed by atoms with Crippen LogP contribution in [0.2, 0.25) is 0 Å². The summed E-state index contributed by atoms with van der Waals surface area (Å²) in [6.07, 6.45) is 0.789. The van der Waals surface area contributed by atoms with Crippen LogP contribution in [0.1, 0.15) is 20.9 Å². The maximum atomic E-state index is 10.5. The lowest BCUT2D eigenvalue weighted by atomic mass is 10.1. The molecule has 1 heterocycles. The van der Waals surface area contributed by atoms with Gasteiger partial charge >= 0.3 is 0 Å². The van der Waals surface area contributed by atoms with Gasteiger partial charge in [0.25, 0.3) is 0 Å². The largest absolute Gasteiger partial charge is 0.295 e. The van der Waals surface area contributed by atoms with Crippen LogP contribution in [0.15, 0.2) is 23.6 Å². The molecule has 0 radical (unpaired) electrons. The van der Waals surface area contributed by atoms with Crippen LogP contribution < -0.4 is 0 Å². The van der Waals surface area contributed by atoms with Gasteiger partial charge in [0.2, 0.25) is 0 Å². The minimum atomic E-state index is 0.532. The predicted octanol–water partition coefficient (Wildman–Crippen LogP) is 3.24. The Balaban J connectivity index is 2.48. The molecule has 0 saturated carbocycles. The maximum Gasteiger partial charge on any atom is 0.178 e. The third-order valence-electron chi connectivity index (χ3n) is 2.14. The van der Waals surface area contributed by atoms with Gasteiger partial charge in [-0.1, -0.05) is 17.2 Å². The zero-order chi connectivity index (χ0) is 10.8. The summed E-state index contributed by atoms with van der Waals surface area (Å²) in [5.74, 6) is 0. The van der Waals surface area contributed by atoms with E-state index in [0.717, 1.165) is 17.5 Å². The Kier molecular flexibility index (Phi) is 2.64. The van der Waals surface area contributed by atoms with Crippen molar-refractivity contribution >= 4 is 17.6 Å². The number of carbonyl (C=O) groups excluding carboxylic acids is 1. The molecule has 2 aromatic rings. The minimum Gasteiger partial charge on any atom is -0.295 e. The Morgan fingerprint density at radius 3 is 2.40 bits per heavy atom. The first kappa shape index (κ1) is 10.1. The third kappa shape index (κ3) is 2.13. The van der Waals surface area contributed by atoms with Crippen LogP contribution in [0, 0.1) is 13.8 Å². The van der Waals surface area contributed by atoms with Crippen molar-refractivity contribution < 1.29 is 4.79 Å². The van der Waals surface area contributed by atoms with Crippen LogP contribution >= 0.6 is 11.3 Å². The van der Waals surface area contributed by atoms with Gasteiger partial charge in [0.15, 0.2) is 11.3 Å². The second kappa shape index (κ2) is 3.95. The third-order valence-corrected chi connectivity index (χ3v) is 2.91. The first-order chi connectivity index (χ1) is 7.19. The van der Waals surface area contributed by atoms with Gasteiger partial charge in [-0.3, -0.25) is 4.79 Å². The van der Waals surface area contributed by atoms with Gasteiger partial charge in [-0.05, 0) is 26.0 Å². The molecule has 0 N–H and O–H groups in total. The number of hydrogen-bond donors (Lipinski definition) is 0. The van der Waals surface area contributed by atoms with E-state index in [4.69, 9.17) is 0 Å². The van der Waals surface area contributed by atoms with Crippen LogP contribution in [-0.4, -0.2) is 11.3 Å². The molecular formula is C12H11NOS. The van der Waals surface area contributed by atoms with Crippen molar-refractivity contribution in [2.45, 2.75) is 13.8 Å². The lowest BCUT2D eigenvalue weighted by Gasteiger charge is -2.01. The maximum absolute atomic E-state index is 10.5. The summed E-state index contributed by atoms with van der Waals surface area (Å²) in [7, 11) is 0. The van der Waals surface area contributed by atoms with Gasteiger partial charge < -0.3 is 0 Å². The molecule has 2 rings (SSSR count). The van der Waals surface area contributed by atoms with E-state index in [1.165, 1.54) is 22.5 Å².